The van der Waals surface area contributed by atoms with E-state index >= 15 is 0 Å². The maximum absolute atomic E-state index is 12.7. The highest BCUT2D eigenvalue weighted by Crippen LogP contribution is 2.14. The Morgan fingerprint density at radius 1 is 0.879 bits per heavy atom. The molecule has 3 amide bonds. The topological polar surface area (TPSA) is 81.8 Å². The summed E-state index contributed by atoms with van der Waals surface area (Å²) in [5, 5.41) is 5.97. The lowest BCUT2D eigenvalue weighted by Crippen LogP contribution is -2.32. The van der Waals surface area contributed by atoms with Gasteiger partial charge in [0.05, 0.1) is 6.54 Å². The highest BCUT2D eigenvalue weighted by Gasteiger charge is 2.14. The van der Waals surface area contributed by atoms with Gasteiger partial charge in [0.2, 0.25) is 11.8 Å². The third kappa shape index (κ3) is 8.60. The molecule has 33 heavy (non-hydrogen) atoms. The molecule has 2 rings (SSSR count). The molecule has 0 aliphatic rings. The number of hydrogen-bond donors (Lipinski definition) is 2. The molecule has 0 radical (unpaired) electrons. The van der Waals surface area contributed by atoms with Crippen molar-refractivity contribution in [2.75, 3.05) is 44.4 Å². The van der Waals surface area contributed by atoms with E-state index in [9.17, 15) is 14.4 Å². The number of nitrogens with zero attached hydrogens (tertiary/aromatic N) is 2. The predicted molar refractivity (Wildman–Crippen MR) is 134 cm³/mol. The lowest BCUT2D eigenvalue weighted by atomic mass is 10.1. The Morgan fingerprint density at radius 2 is 1.55 bits per heavy atom. The van der Waals surface area contributed by atoms with E-state index in [0.717, 1.165) is 37.2 Å². The van der Waals surface area contributed by atoms with Crippen LogP contribution in [-0.4, -0.2) is 61.3 Å². The van der Waals surface area contributed by atoms with Crippen LogP contribution in [0.25, 0.3) is 0 Å². The minimum Gasteiger partial charge on any atom is -0.376 e. The Bertz CT molecular complexity index is 919. The zero-order chi connectivity index (χ0) is 24.2. The van der Waals surface area contributed by atoms with Crippen LogP contribution in [0.3, 0.4) is 0 Å². The monoisotopic (exact) mass is 452 g/mol. The molecule has 178 valence electrons. The zero-order valence-electron chi connectivity index (χ0n) is 20.2. The minimum absolute atomic E-state index is 0.0372. The van der Waals surface area contributed by atoms with Gasteiger partial charge in [-0.2, -0.15) is 0 Å². The van der Waals surface area contributed by atoms with Gasteiger partial charge in [0, 0.05) is 50.5 Å². The van der Waals surface area contributed by atoms with Crippen LogP contribution in [0.2, 0.25) is 0 Å². The maximum atomic E-state index is 12.7. The van der Waals surface area contributed by atoms with Crippen molar-refractivity contribution in [3.63, 3.8) is 0 Å². The van der Waals surface area contributed by atoms with E-state index in [0.29, 0.717) is 24.1 Å². The standard InChI is InChI=1S/C26H36N4O3/c1-5-16-30(17-6-2)26(33)21-11-13-22(14-12-21)27-19-24(31)28-23-9-7-8-20(18-23)10-15-25(32)29(3)4/h7-9,11-14,18,27H,5-6,10,15-17,19H2,1-4H3,(H,28,31). The van der Waals surface area contributed by atoms with Crippen LogP contribution in [0.5, 0.6) is 0 Å². The molecule has 0 spiro atoms. The summed E-state index contributed by atoms with van der Waals surface area (Å²) in [6.07, 6.45) is 2.91. The third-order valence-electron chi connectivity index (χ3n) is 5.20. The second-order valence-corrected chi connectivity index (χ2v) is 8.26. The number of amides is 3. The molecule has 2 aromatic rings. The van der Waals surface area contributed by atoms with Crippen molar-refractivity contribution in [2.45, 2.75) is 39.5 Å². The van der Waals surface area contributed by atoms with Gasteiger partial charge in [-0.25, -0.2) is 0 Å². The van der Waals surface area contributed by atoms with E-state index in [2.05, 4.69) is 24.5 Å². The molecule has 0 bridgehead atoms. The Labute approximate surface area is 197 Å². The van der Waals surface area contributed by atoms with E-state index in [1.54, 1.807) is 31.1 Å². The van der Waals surface area contributed by atoms with Crippen LogP contribution in [0, 0.1) is 0 Å². The van der Waals surface area contributed by atoms with E-state index < -0.39 is 0 Å². The summed E-state index contributed by atoms with van der Waals surface area (Å²) in [6, 6.07) is 14.8. The number of carbonyl (C=O) groups excluding carboxylic acids is 3. The van der Waals surface area contributed by atoms with Crippen LogP contribution >= 0.6 is 0 Å². The third-order valence-corrected chi connectivity index (χ3v) is 5.20. The lowest BCUT2D eigenvalue weighted by molar-refractivity contribution is -0.128. The quantitative estimate of drug-likeness (QED) is 0.510. The van der Waals surface area contributed by atoms with E-state index in [-0.39, 0.29) is 24.3 Å². The van der Waals surface area contributed by atoms with Crippen LogP contribution in [0.4, 0.5) is 11.4 Å². The van der Waals surface area contributed by atoms with Gasteiger partial charge in [0.1, 0.15) is 0 Å². The van der Waals surface area contributed by atoms with Gasteiger partial charge in [-0.1, -0.05) is 26.0 Å². The fourth-order valence-electron chi connectivity index (χ4n) is 3.43. The van der Waals surface area contributed by atoms with Crippen molar-refractivity contribution >= 4 is 29.1 Å². The number of nitrogens with one attached hydrogen (secondary N) is 2. The molecular formula is C26H36N4O3. The molecule has 0 saturated carbocycles. The Kier molecular flexibility index (Phi) is 10.4. The van der Waals surface area contributed by atoms with Crippen molar-refractivity contribution in [3.05, 3.63) is 59.7 Å². The normalized spacial score (nSPS) is 10.4. The number of benzene rings is 2. The minimum atomic E-state index is -0.172. The molecule has 7 nitrogen and oxygen atoms in total. The summed E-state index contributed by atoms with van der Waals surface area (Å²) in [5.41, 5.74) is 3.12. The number of aryl methyl sites for hydroxylation is 1. The SMILES string of the molecule is CCCN(CCC)C(=O)c1ccc(NCC(=O)Nc2cccc(CCC(=O)N(C)C)c2)cc1. The van der Waals surface area contributed by atoms with Gasteiger partial charge in [0.25, 0.3) is 5.91 Å². The molecule has 0 unspecified atom stereocenters. The van der Waals surface area contributed by atoms with E-state index in [4.69, 9.17) is 0 Å². The van der Waals surface area contributed by atoms with Gasteiger partial charge in [-0.05, 0) is 61.2 Å². The summed E-state index contributed by atoms with van der Waals surface area (Å²) in [4.78, 5) is 40.3. The summed E-state index contributed by atoms with van der Waals surface area (Å²) < 4.78 is 0. The molecule has 0 fully saturated rings. The Hall–Kier alpha value is -3.35. The molecule has 0 aliphatic heterocycles. The molecule has 0 atom stereocenters. The first-order valence-electron chi connectivity index (χ1n) is 11.6. The van der Waals surface area contributed by atoms with Crippen molar-refractivity contribution in [1.82, 2.24) is 9.80 Å². The largest absolute Gasteiger partial charge is 0.376 e. The van der Waals surface area contributed by atoms with Crippen LogP contribution < -0.4 is 10.6 Å². The molecular weight excluding hydrogens is 416 g/mol. The van der Waals surface area contributed by atoms with Crippen LogP contribution in [0.1, 0.15) is 49.0 Å². The first kappa shape index (κ1) is 25.9. The Morgan fingerprint density at radius 3 is 2.15 bits per heavy atom. The molecule has 0 aromatic heterocycles. The highest BCUT2D eigenvalue weighted by atomic mass is 16.2. The fraction of sp³-hybridized carbons (Fsp3) is 0.423. The summed E-state index contributed by atoms with van der Waals surface area (Å²) >= 11 is 0. The van der Waals surface area contributed by atoms with Crippen LogP contribution in [0.15, 0.2) is 48.5 Å². The number of hydrogen-bond acceptors (Lipinski definition) is 4. The number of rotatable bonds is 12. The summed E-state index contributed by atoms with van der Waals surface area (Å²) in [5.74, 6) is -0.0614. The van der Waals surface area contributed by atoms with Gasteiger partial charge >= 0.3 is 0 Å². The Balaban J connectivity index is 1.86. The summed E-state index contributed by atoms with van der Waals surface area (Å²) in [6.45, 7) is 5.74. The second-order valence-electron chi connectivity index (χ2n) is 8.26. The van der Waals surface area contributed by atoms with Gasteiger partial charge in [-0.15, -0.1) is 0 Å². The van der Waals surface area contributed by atoms with E-state index in [1.165, 1.54) is 0 Å². The fourth-order valence-corrected chi connectivity index (χ4v) is 3.43. The number of carbonyl (C=O) groups is 3. The first-order chi connectivity index (χ1) is 15.8. The average Bonchev–Trinajstić information content (AvgIpc) is 2.81. The summed E-state index contributed by atoms with van der Waals surface area (Å²) in [7, 11) is 3.48. The molecule has 0 aliphatic carbocycles. The zero-order valence-corrected chi connectivity index (χ0v) is 20.2. The number of anilines is 2. The average molecular weight is 453 g/mol. The smallest absolute Gasteiger partial charge is 0.253 e. The van der Waals surface area contributed by atoms with Crippen molar-refractivity contribution < 1.29 is 14.4 Å². The molecule has 7 heteroatoms. The molecule has 0 saturated heterocycles. The van der Waals surface area contributed by atoms with Gasteiger partial charge in [-0.3, -0.25) is 14.4 Å². The van der Waals surface area contributed by atoms with Crippen LogP contribution in [-0.2, 0) is 16.0 Å². The van der Waals surface area contributed by atoms with Crippen molar-refractivity contribution in [2.24, 2.45) is 0 Å². The predicted octanol–water partition coefficient (Wildman–Crippen LogP) is 4.02. The molecule has 2 aromatic carbocycles. The maximum Gasteiger partial charge on any atom is 0.253 e. The molecule has 2 N–H and O–H groups in total. The van der Waals surface area contributed by atoms with Gasteiger partial charge in [0.15, 0.2) is 0 Å². The second kappa shape index (κ2) is 13.3. The molecule has 0 heterocycles. The highest BCUT2D eigenvalue weighted by molar-refractivity contribution is 5.95. The first-order valence-corrected chi connectivity index (χ1v) is 11.6. The lowest BCUT2D eigenvalue weighted by Gasteiger charge is -2.21. The van der Waals surface area contributed by atoms with E-state index in [1.807, 2.05) is 41.3 Å². The van der Waals surface area contributed by atoms with Crippen molar-refractivity contribution in [1.29, 1.82) is 0 Å². The van der Waals surface area contributed by atoms with Crippen molar-refractivity contribution in [3.8, 4) is 0 Å². The van der Waals surface area contributed by atoms with Gasteiger partial charge < -0.3 is 20.4 Å².